The number of hydrogen-bond acceptors (Lipinski definition) is 4. The summed E-state index contributed by atoms with van der Waals surface area (Å²) in [6.07, 6.45) is 2.78. The van der Waals surface area contributed by atoms with Crippen molar-refractivity contribution in [2.45, 2.75) is 50.6 Å². The van der Waals surface area contributed by atoms with Crippen molar-refractivity contribution < 1.29 is 23.1 Å². The quantitative estimate of drug-likeness (QED) is 0.489. The highest BCUT2D eigenvalue weighted by atomic mass is 35.5. The normalized spacial score (nSPS) is 25.9. The molecule has 1 aliphatic heterocycles. The SMILES string of the molecule is C[C@]1(CC(=O)O)C[C@H](c2cccc(Cl)c2)[C@@H](c2ccc(Cl)cc2)N(C(CS(C)(=O)=O)C2CC2)C1=O. The van der Waals surface area contributed by atoms with E-state index in [2.05, 4.69) is 0 Å². The van der Waals surface area contributed by atoms with Crippen LogP contribution in [0.2, 0.25) is 10.0 Å². The molecule has 0 bridgehead atoms. The average Bonchev–Trinajstić information content (AvgIpc) is 3.59. The van der Waals surface area contributed by atoms with Gasteiger partial charge in [-0.3, -0.25) is 9.59 Å². The maximum atomic E-state index is 14.2. The van der Waals surface area contributed by atoms with Crippen molar-refractivity contribution in [3.05, 3.63) is 69.7 Å². The van der Waals surface area contributed by atoms with E-state index in [1.165, 1.54) is 6.26 Å². The lowest BCUT2D eigenvalue weighted by Crippen LogP contribution is -2.58. The number of amides is 1. The van der Waals surface area contributed by atoms with Gasteiger partial charge in [0.05, 0.1) is 23.6 Å². The van der Waals surface area contributed by atoms with Gasteiger partial charge in [0.15, 0.2) is 0 Å². The van der Waals surface area contributed by atoms with E-state index in [1.54, 1.807) is 30.0 Å². The number of benzene rings is 2. The van der Waals surface area contributed by atoms with Gasteiger partial charge in [-0.25, -0.2) is 8.42 Å². The third kappa shape index (κ3) is 5.84. The van der Waals surface area contributed by atoms with Gasteiger partial charge in [-0.05, 0) is 60.6 Å². The lowest BCUT2D eigenvalue weighted by Gasteiger charge is -2.52. The van der Waals surface area contributed by atoms with Gasteiger partial charge in [-0.1, -0.05) is 54.4 Å². The Labute approximate surface area is 216 Å². The fraction of sp³-hybridized carbons (Fsp3) is 0.462. The van der Waals surface area contributed by atoms with Crippen molar-refractivity contribution in [3.63, 3.8) is 0 Å². The molecule has 1 amide bonds. The number of rotatable bonds is 8. The second-order valence-electron chi connectivity index (χ2n) is 10.2. The van der Waals surface area contributed by atoms with E-state index >= 15 is 0 Å². The summed E-state index contributed by atoms with van der Waals surface area (Å²) in [4.78, 5) is 27.7. The molecule has 1 heterocycles. The number of piperidine rings is 1. The highest BCUT2D eigenvalue weighted by Gasteiger charge is 2.54. The third-order valence-electron chi connectivity index (χ3n) is 7.13. The molecule has 6 nitrogen and oxygen atoms in total. The van der Waals surface area contributed by atoms with E-state index in [9.17, 15) is 23.1 Å². The summed E-state index contributed by atoms with van der Waals surface area (Å²) < 4.78 is 25.0. The molecule has 4 rings (SSSR count). The summed E-state index contributed by atoms with van der Waals surface area (Å²) in [7, 11) is -3.42. The zero-order valence-corrected chi connectivity index (χ0v) is 22.0. The van der Waals surface area contributed by atoms with Gasteiger partial charge < -0.3 is 10.0 Å². The highest BCUT2D eigenvalue weighted by Crippen LogP contribution is 2.54. The van der Waals surface area contributed by atoms with Gasteiger partial charge >= 0.3 is 5.97 Å². The van der Waals surface area contributed by atoms with E-state index in [-0.39, 0.29) is 29.9 Å². The van der Waals surface area contributed by atoms with Crippen LogP contribution in [0.1, 0.15) is 55.7 Å². The minimum atomic E-state index is -3.42. The number of hydrogen-bond donors (Lipinski definition) is 1. The van der Waals surface area contributed by atoms with E-state index in [1.807, 2.05) is 30.3 Å². The van der Waals surface area contributed by atoms with Crippen LogP contribution in [0.25, 0.3) is 0 Å². The van der Waals surface area contributed by atoms with Crippen LogP contribution in [-0.2, 0) is 19.4 Å². The number of carboxylic acid groups (broad SMARTS) is 1. The number of carbonyl (C=O) groups excluding carboxylic acids is 1. The Balaban J connectivity index is 1.93. The molecule has 2 aliphatic rings. The zero-order valence-electron chi connectivity index (χ0n) is 19.7. The first-order valence-electron chi connectivity index (χ1n) is 11.6. The van der Waals surface area contributed by atoms with Crippen LogP contribution >= 0.6 is 23.2 Å². The average molecular weight is 538 g/mol. The van der Waals surface area contributed by atoms with Crippen LogP contribution in [0.15, 0.2) is 48.5 Å². The molecule has 2 aromatic rings. The predicted octanol–water partition coefficient (Wildman–Crippen LogP) is 5.35. The Bertz CT molecular complexity index is 1230. The number of nitrogens with zero attached hydrogens (tertiary/aromatic N) is 1. The molecule has 1 N–H and O–H groups in total. The van der Waals surface area contributed by atoms with Crippen molar-refractivity contribution in [1.82, 2.24) is 4.90 Å². The molecule has 0 spiro atoms. The molecule has 35 heavy (non-hydrogen) atoms. The number of carbonyl (C=O) groups is 2. The third-order valence-corrected chi connectivity index (χ3v) is 8.56. The second-order valence-corrected chi connectivity index (χ2v) is 13.3. The number of aliphatic carboxylic acids is 1. The molecule has 1 saturated carbocycles. The summed E-state index contributed by atoms with van der Waals surface area (Å²) in [6, 6.07) is 13.5. The van der Waals surface area contributed by atoms with Crippen LogP contribution in [0.4, 0.5) is 0 Å². The van der Waals surface area contributed by atoms with Gasteiger partial charge in [0, 0.05) is 28.3 Å². The molecule has 9 heteroatoms. The number of halogens is 2. The van der Waals surface area contributed by atoms with Crippen molar-refractivity contribution in [3.8, 4) is 0 Å². The summed E-state index contributed by atoms with van der Waals surface area (Å²) in [5.41, 5.74) is 0.497. The highest BCUT2D eigenvalue weighted by molar-refractivity contribution is 7.90. The molecule has 4 atom stereocenters. The second kappa shape index (κ2) is 9.75. The van der Waals surface area contributed by atoms with Gasteiger partial charge in [0.1, 0.15) is 9.84 Å². The molecule has 0 radical (unpaired) electrons. The Morgan fingerprint density at radius 3 is 2.31 bits per heavy atom. The topological polar surface area (TPSA) is 91.8 Å². The van der Waals surface area contributed by atoms with Crippen LogP contribution < -0.4 is 0 Å². The first-order valence-corrected chi connectivity index (χ1v) is 14.4. The lowest BCUT2D eigenvalue weighted by molar-refractivity contribution is -0.160. The minimum Gasteiger partial charge on any atom is -0.481 e. The largest absolute Gasteiger partial charge is 0.481 e. The molecule has 1 unspecified atom stereocenters. The summed E-state index contributed by atoms with van der Waals surface area (Å²) >= 11 is 12.5. The molecule has 1 saturated heterocycles. The maximum Gasteiger partial charge on any atom is 0.304 e. The molecule has 188 valence electrons. The van der Waals surface area contributed by atoms with Gasteiger partial charge in [0.2, 0.25) is 5.91 Å². The van der Waals surface area contributed by atoms with Crippen molar-refractivity contribution >= 4 is 44.9 Å². The first-order chi connectivity index (χ1) is 16.4. The number of likely N-dealkylation sites (tertiary alicyclic amines) is 1. The zero-order chi connectivity index (χ0) is 25.5. The van der Waals surface area contributed by atoms with E-state index in [4.69, 9.17) is 23.2 Å². The predicted molar refractivity (Wildman–Crippen MR) is 136 cm³/mol. The molecule has 2 aromatic carbocycles. The van der Waals surface area contributed by atoms with Gasteiger partial charge in [0.25, 0.3) is 0 Å². The van der Waals surface area contributed by atoms with Crippen molar-refractivity contribution in [1.29, 1.82) is 0 Å². The molecule has 1 aliphatic carbocycles. The van der Waals surface area contributed by atoms with E-state index < -0.39 is 33.3 Å². The number of sulfone groups is 1. The van der Waals surface area contributed by atoms with Crippen LogP contribution in [-0.4, -0.2) is 48.4 Å². The van der Waals surface area contributed by atoms with Crippen LogP contribution in [0.5, 0.6) is 0 Å². The first kappa shape index (κ1) is 26.0. The van der Waals surface area contributed by atoms with Crippen LogP contribution in [0, 0.1) is 11.3 Å². The number of carboxylic acids is 1. The Kier molecular flexibility index (Phi) is 7.24. The maximum absolute atomic E-state index is 14.2. The smallest absolute Gasteiger partial charge is 0.304 e. The van der Waals surface area contributed by atoms with Gasteiger partial charge in [-0.2, -0.15) is 0 Å². The lowest BCUT2D eigenvalue weighted by atomic mass is 9.67. The van der Waals surface area contributed by atoms with Crippen molar-refractivity contribution in [2.24, 2.45) is 11.3 Å². The summed E-state index contributed by atoms with van der Waals surface area (Å²) in [6.45, 7) is 1.68. The Morgan fingerprint density at radius 2 is 1.77 bits per heavy atom. The van der Waals surface area contributed by atoms with E-state index in [0.29, 0.717) is 16.5 Å². The Morgan fingerprint density at radius 1 is 1.11 bits per heavy atom. The molecular formula is C26H29Cl2NO5S. The summed E-state index contributed by atoms with van der Waals surface area (Å²) in [5, 5.41) is 10.8. The summed E-state index contributed by atoms with van der Waals surface area (Å²) in [5.74, 6) is -1.80. The Hall–Kier alpha value is -2.09. The van der Waals surface area contributed by atoms with Crippen LogP contribution in [0.3, 0.4) is 0 Å². The molecular weight excluding hydrogens is 509 g/mol. The minimum absolute atomic E-state index is 0.0515. The van der Waals surface area contributed by atoms with E-state index in [0.717, 1.165) is 24.0 Å². The molecule has 2 fully saturated rings. The standard InChI is InChI=1S/C26H29Cl2NO5S/c1-26(14-23(30)31)13-21(18-4-3-5-20(28)12-18)24(17-8-10-19(27)11-9-17)29(25(26)32)22(16-6-7-16)15-35(2,33)34/h3-5,8-12,16,21-22,24H,6-7,13-15H2,1-2H3,(H,30,31)/t21-,22?,24-,26-/m1/s1. The van der Waals surface area contributed by atoms with Gasteiger partial charge in [-0.15, -0.1) is 0 Å². The molecule has 0 aromatic heterocycles. The van der Waals surface area contributed by atoms with Crippen molar-refractivity contribution in [2.75, 3.05) is 12.0 Å². The monoisotopic (exact) mass is 537 g/mol. The fourth-order valence-electron chi connectivity index (χ4n) is 5.48. The fourth-order valence-corrected chi connectivity index (χ4v) is 6.86.